The molecule has 0 aliphatic heterocycles. The Kier molecular flexibility index (Phi) is 4.84. The van der Waals surface area contributed by atoms with Gasteiger partial charge in [-0.05, 0) is 18.6 Å². The summed E-state index contributed by atoms with van der Waals surface area (Å²) in [6.45, 7) is 3.37. The monoisotopic (exact) mass is 274 g/mol. The zero-order valence-electron chi connectivity index (χ0n) is 11.7. The number of aromatic nitrogens is 3. The summed E-state index contributed by atoms with van der Waals surface area (Å²) in [7, 11) is 1.81. The van der Waals surface area contributed by atoms with E-state index >= 15 is 0 Å². The molecule has 6 heteroatoms. The fourth-order valence-electron chi connectivity index (χ4n) is 1.88. The molecule has 0 aliphatic rings. The Morgan fingerprint density at radius 1 is 1.40 bits per heavy atom. The van der Waals surface area contributed by atoms with Crippen molar-refractivity contribution in [2.45, 2.75) is 20.0 Å². The molecule has 0 atom stereocenters. The number of nitrogens with zero attached hydrogens (tertiary/aromatic N) is 3. The van der Waals surface area contributed by atoms with E-state index < -0.39 is 0 Å². The Morgan fingerprint density at radius 3 is 2.95 bits per heavy atom. The zero-order chi connectivity index (χ0) is 14.4. The molecule has 0 radical (unpaired) electrons. The predicted molar refractivity (Wildman–Crippen MR) is 73.9 cm³/mol. The molecule has 0 saturated heterocycles. The zero-order valence-corrected chi connectivity index (χ0v) is 11.7. The minimum Gasteiger partial charge on any atom is -0.462 e. The fourth-order valence-corrected chi connectivity index (χ4v) is 1.88. The second-order valence-corrected chi connectivity index (χ2v) is 4.31. The summed E-state index contributed by atoms with van der Waals surface area (Å²) in [5.74, 6) is -0.334. The van der Waals surface area contributed by atoms with Crippen molar-refractivity contribution in [3.05, 3.63) is 47.5 Å². The maximum absolute atomic E-state index is 11.8. The van der Waals surface area contributed by atoms with E-state index in [1.54, 1.807) is 24.0 Å². The first-order valence-corrected chi connectivity index (χ1v) is 6.50. The van der Waals surface area contributed by atoms with Crippen molar-refractivity contribution in [3.8, 4) is 0 Å². The van der Waals surface area contributed by atoms with Gasteiger partial charge in [0.25, 0.3) is 0 Å². The Bertz CT molecular complexity index is 566. The van der Waals surface area contributed by atoms with Gasteiger partial charge in [0.05, 0.1) is 18.5 Å². The molecule has 20 heavy (non-hydrogen) atoms. The summed E-state index contributed by atoms with van der Waals surface area (Å²) in [5, 5.41) is 7.38. The summed E-state index contributed by atoms with van der Waals surface area (Å²) in [4.78, 5) is 15.9. The average Bonchev–Trinajstić information content (AvgIpc) is 2.82. The Morgan fingerprint density at radius 2 is 2.25 bits per heavy atom. The third kappa shape index (κ3) is 3.42. The molecule has 0 aliphatic carbocycles. The van der Waals surface area contributed by atoms with E-state index in [1.165, 1.54) is 0 Å². The molecule has 1 N–H and O–H groups in total. The standard InChI is InChI=1S/C14H18N4O2/c1-3-20-14(19)12-9-17-18(2)13(12)10-16-8-11-5-4-6-15-7-11/h4-7,9,16H,3,8,10H2,1-2H3. The van der Waals surface area contributed by atoms with Crippen LogP contribution in [0.4, 0.5) is 0 Å². The summed E-state index contributed by atoms with van der Waals surface area (Å²) in [5.41, 5.74) is 2.41. The number of pyridine rings is 1. The lowest BCUT2D eigenvalue weighted by molar-refractivity contribution is 0.0524. The molecule has 0 bridgehead atoms. The van der Waals surface area contributed by atoms with E-state index in [1.807, 2.05) is 25.4 Å². The molecule has 2 aromatic rings. The van der Waals surface area contributed by atoms with Crippen molar-refractivity contribution >= 4 is 5.97 Å². The van der Waals surface area contributed by atoms with E-state index in [-0.39, 0.29) is 5.97 Å². The highest BCUT2D eigenvalue weighted by Gasteiger charge is 2.16. The van der Waals surface area contributed by atoms with E-state index in [9.17, 15) is 4.79 Å². The number of esters is 1. The molecule has 0 fully saturated rings. The number of nitrogens with one attached hydrogen (secondary N) is 1. The number of carbonyl (C=O) groups excluding carboxylic acids is 1. The Balaban J connectivity index is 1.99. The van der Waals surface area contributed by atoms with Gasteiger partial charge in [-0.15, -0.1) is 0 Å². The van der Waals surface area contributed by atoms with Crippen molar-refractivity contribution in [1.82, 2.24) is 20.1 Å². The summed E-state index contributed by atoms with van der Waals surface area (Å²) in [6.07, 6.45) is 5.09. The van der Waals surface area contributed by atoms with Crippen molar-refractivity contribution in [2.24, 2.45) is 7.05 Å². The second kappa shape index (κ2) is 6.81. The van der Waals surface area contributed by atoms with Crippen LogP contribution in [-0.4, -0.2) is 27.3 Å². The molecule has 6 nitrogen and oxygen atoms in total. The molecule has 0 saturated carbocycles. The maximum Gasteiger partial charge on any atom is 0.341 e. The van der Waals surface area contributed by atoms with Gasteiger partial charge in [-0.25, -0.2) is 4.79 Å². The molecular formula is C14H18N4O2. The van der Waals surface area contributed by atoms with E-state index in [0.29, 0.717) is 25.3 Å². The van der Waals surface area contributed by atoms with Crippen molar-refractivity contribution < 1.29 is 9.53 Å². The maximum atomic E-state index is 11.8. The molecule has 106 valence electrons. The molecule has 2 heterocycles. The molecule has 0 amide bonds. The molecule has 0 spiro atoms. The fraction of sp³-hybridized carbons (Fsp3) is 0.357. The highest BCUT2D eigenvalue weighted by atomic mass is 16.5. The van der Waals surface area contributed by atoms with Gasteiger partial charge in [0, 0.05) is 32.5 Å². The molecule has 2 aromatic heterocycles. The minimum atomic E-state index is -0.334. The van der Waals surface area contributed by atoms with Crippen LogP contribution in [-0.2, 0) is 24.9 Å². The van der Waals surface area contributed by atoms with Crippen LogP contribution in [0.1, 0.15) is 28.5 Å². The quantitative estimate of drug-likeness (QED) is 0.804. The lowest BCUT2D eigenvalue weighted by Crippen LogP contribution is -2.18. The van der Waals surface area contributed by atoms with Crippen molar-refractivity contribution in [3.63, 3.8) is 0 Å². The topological polar surface area (TPSA) is 69.0 Å². The third-order valence-electron chi connectivity index (χ3n) is 2.90. The lowest BCUT2D eigenvalue weighted by atomic mass is 10.2. The highest BCUT2D eigenvalue weighted by Crippen LogP contribution is 2.09. The van der Waals surface area contributed by atoms with Crippen molar-refractivity contribution in [2.75, 3.05) is 6.61 Å². The number of rotatable bonds is 6. The van der Waals surface area contributed by atoms with Crippen LogP contribution in [0.25, 0.3) is 0 Å². The minimum absolute atomic E-state index is 0.334. The van der Waals surface area contributed by atoms with Gasteiger partial charge < -0.3 is 10.1 Å². The van der Waals surface area contributed by atoms with Gasteiger partial charge in [-0.3, -0.25) is 9.67 Å². The van der Waals surface area contributed by atoms with Crippen LogP contribution in [0, 0.1) is 0 Å². The van der Waals surface area contributed by atoms with Crippen LogP contribution in [0.15, 0.2) is 30.7 Å². The first kappa shape index (κ1) is 14.2. The van der Waals surface area contributed by atoms with Crippen molar-refractivity contribution in [1.29, 1.82) is 0 Å². The largest absolute Gasteiger partial charge is 0.462 e. The van der Waals surface area contributed by atoms with Crippen LogP contribution < -0.4 is 5.32 Å². The van der Waals surface area contributed by atoms with Gasteiger partial charge in [0.15, 0.2) is 0 Å². The van der Waals surface area contributed by atoms with E-state index in [4.69, 9.17) is 4.74 Å². The molecule has 2 rings (SSSR count). The summed E-state index contributed by atoms with van der Waals surface area (Å²) >= 11 is 0. The lowest BCUT2D eigenvalue weighted by Gasteiger charge is -2.07. The summed E-state index contributed by atoms with van der Waals surface area (Å²) < 4.78 is 6.70. The predicted octanol–water partition coefficient (Wildman–Crippen LogP) is 1.28. The van der Waals surface area contributed by atoms with Gasteiger partial charge >= 0.3 is 5.97 Å². The van der Waals surface area contributed by atoms with E-state index in [2.05, 4.69) is 15.4 Å². The van der Waals surface area contributed by atoms with Crippen LogP contribution >= 0.6 is 0 Å². The Labute approximate surface area is 117 Å². The molecule has 0 unspecified atom stereocenters. The van der Waals surface area contributed by atoms with Gasteiger partial charge in [0.2, 0.25) is 0 Å². The Hall–Kier alpha value is -2.21. The molecule has 0 aromatic carbocycles. The smallest absolute Gasteiger partial charge is 0.341 e. The van der Waals surface area contributed by atoms with Crippen LogP contribution in [0.2, 0.25) is 0 Å². The number of carbonyl (C=O) groups is 1. The first-order chi connectivity index (χ1) is 9.72. The number of hydrogen-bond donors (Lipinski definition) is 1. The van der Waals surface area contributed by atoms with Gasteiger partial charge in [-0.1, -0.05) is 6.07 Å². The van der Waals surface area contributed by atoms with Crippen LogP contribution in [0.5, 0.6) is 0 Å². The number of hydrogen-bond acceptors (Lipinski definition) is 5. The number of aryl methyl sites for hydroxylation is 1. The van der Waals surface area contributed by atoms with E-state index in [0.717, 1.165) is 11.3 Å². The number of ether oxygens (including phenoxy) is 1. The SMILES string of the molecule is CCOC(=O)c1cnn(C)c1CNCc1cccnc1. The third-order valence-corrected chi connectivity index (χ3v) is 2.90. The highest BCUT2D eigenvalue weighted by molar-refractivity contribution is 5.90. The molecular weight excluding hydrogens is 256 g/mol. The first-order valence-electron chi connectivity index (χ1n) is 6.50. The average molecular weight is 274 g/mol. The van der Waals surface area contributed by atoms with Gasteiger partial charge in [0.1, 0.15) is 5.56 Å². The van der Waals surface area contributed by atoms with Crippen LogP contribution in [0.3, 0.4) is 0 Å². The normalized spacial score (nSPS) is 10.5. The second-order valence-electron chi connectivity index (χ2n) is 4.31. The van der Waals surface area contributed by atoms with Gasteiger partial charge in [-0.2, -0.15) is 5.10 Å². The summed E-state index contributed by atoms with van der Waals surface area (Å²) in [6, 6.07) is 3.89.